The molecular weight excluding hydrogens is 859 g/mol. The third kappa shape index (κ3) is 6.96. The van der Waals surface area contributed by atoms with Gasteiger partial charge in [0, 0.05) is 0 Å². The van der Waals surface area contributed by atoms with Gasteiger partial charge in [0.05, 0.1) is 0 Å². The van der Waals surface area contributed by atoms with E-state index in [1.165, 1.54) is 82.8 Å². The number of allylic oxidation sites excluding steroid dienone is 5. The average Bonchev–Trinajstić information content (AvgIpc) is 3.82. The van der Waals surface area contributed by atoms with Crippen molar-refractivity contribution in [1.29, 1.82) is 0 Å². The number of halogens is 2. The number of fused-ring (bicyclic) bond motifs is 4. The zero-order valence-electron chi connectivity index (χ0n) is 35.4. The molecule has 296 valence electrons. The van der Waals surface area contributed by atoms with Gasteiger partial charge in [-0.15, -0.1) is 24.8 Å². The van der Waals surface area contributed by atoms with Crippen molar-refractivity contribution in [2.24, 2.45) is 5.92 Å². The molecule has 6 aromatic rings. The van der Waals surface area contributed by atoms with Gasteiger partial charge in [0.15, 0.2) is 0 Å². The maximum absolute atomic E-state index is 3.97. The Morgan fingerprint density at radius 2 is 1.24 bits per heavy atom. The van der Waals surface area contributed by atoms with Crippen LogP contribution in [0.3, 0.4) is 0 Å². The van der Waals surface area contributed by atoms with Crippen molar-refractivity contribution in [2.75, 3.05) is 0 Å². The van der Waals surface area contributed by atoms with Crippen LogP contribution in [0.4, 0.5) is 0 Å². The monoisotopic (exact) mass is 912 g/mol. The Balaban J connectivity index is 0.00000256. The molecule has 0 amide bonds. The molecule has 5 heteroatoms. The molecule has 1 heterocycles. The molecule has 58 heavy (non-hydrogen) atoms. The van der Waals surface area contributed by atoms with E-state index in [0.717, 1.165) is 0 Å². The Morgan fingerprint density at radius 3 is 1.84 bits per heavy atom. The zero-order chi connectivity index (χ0) is 39.3. The van der Waals surface area contributed by atoms with Crippen molar-refractivity contribution in [1.82, 2.24) is 0 Å². The fourth-order valence-electron chi connectivity index (χ4n) is 10.5. The number of hydrogen-bond acceptors (Lipinski definition) is 1. The molecule has 0 nitrogen and oxygen atoms in total. The Kier molecular flexibility index (Phi) is 11.4. The van der Waals surface area contributed by atoms with Crippen molar-refractivity contribution in [2.45, 2.75) is 72.0 Å². The molecule has 0 spiro atoms. The van der Waals surface area contributed by atoms with Crippen LogP contribution >= 0.6 is 36.6 Å². The molecular formula is C53H56Cl2SSiZr. The van der Waals surface area contributed by atoms with Gasteiger partial charge in [0.25, 0.3) is 0 Å². The molecule has 2 unspecified atom stereocenters. The van der Waals surface area contributed by atoms with E-state index in [-0.39, 0.29) is 30.2 Å². The third-order valence-electron chi connectivity index (χ3n) is 13.0. The van der Waals surface area contributed by atoms with Crippen LogP contribution in [-0.4, -0.2) is 12.1 Å². The SMILES string of the molecule is CC1=Cc2c(-c3cccc4ccccc34)cc(-c3cccc4ccccc34)cc2[CH]1[Zr]([CH3])([CH3])(=[SiH2])[C]1=C2SC(C)C(c3ccc(C(C)(C)C)cc3)=C2C=C1C(C)C.Cl.Cl. The standard InChI is InChI=1S/C30H21.C21H25S.2CH3.2ClH.H2Si.Zr/c1-20-16-23-18-24(27-14-6-10-21-8-2-4-12-25(21)27)19-30(29(23)17-20)28-15-7-11-22-9-3-5-13-26(22)28;1-13(2)16-11-18-19(12-16)22-14(3)20(18)15-7-9-17(10-8-15)21(4,5)6;;;;;;/h2-19H,1H3;7-11,13-14H,1-6H3;2*1H3;2*1H;1H2;. The predicted molar refractivity (Wildman–Crippen MR) is 263 cm³/mol. The molecule has 1 aliphatic heterocycles. The van der Waals surface area contributed by atoms with Crippen molar-refractivity contribution >= 4 is 76.6 Å². The van der Waals surface area contributed by atoms with Crippen LogP contribution in [-0.2, 0) is 22.8 Å². The van der Waals surface area contributed by atoms with Gasteiger partial charge in [-0.25, -0.2) is 0 Å². The molecule has 9 rings (SSSR count). The molecule has 0 saturated heterocycles. The first kappa shape index (κ1) is 42.9. The minimum Gasteiger partial charge on any atom is -0.147 e. The second-order valence-electron chi connectivity index (χ2n) is 19.1. The maximum Gasteiger partial charge on any atom is -0.147 e. The van der Waals surface area contributed by atoms with Gasteiger partial charge in [0.2, 0.25) is 0 Å². The molecule has 0 bridgehead atoms. The van der Waals surface area contributed by atoms with Gasteiger partial charge in [-0.1, -0.05) is 0 Å². The van der Waals surface area contributed by atoms with Crippen LogP contribution in [0.15, 0.2) is 152 Å². The van der Waals surface area contributed by atoms with E-state index in [4.69, 9.17) is 0 Å². The van der Waals surface area contributed by atoms with E-state index in [1.54, 1.807) is 13.8 Å². The van der Waals surface area contributed by atoms with E-state index in [9.17, 15) is 0 Å². The summed E-state index contributed by atoms with van der Waals surface area (Å²) >= 11 is -1.84. The minimum atomic E-state index is -3.97. The summed E-state index contributed by atoms with van der Waals surface area (Å²) in [5.41, 5.74) is 17.3. The van der Waals surface area contributed by atoms with Gasteiger partial charge in [-0.3, -0.25) is 0 Å². The van der Waals surface area contributed by atoms with E-state index >= 15 is 0 Å². The Hall–Kier alpha value is -3.17. The molecule has 0 aromatic heterocycles. The summed E-state index contributed by atoms with van der Waals surface area (Å²) < 4.78 is 7.70. The second-order valence-corrected chi connectivity index (χ2v) is 49.8. The van der Waals surface area contributed by atoms with Crippen molar-refractivity contribution < 1.29 is 17.4 Å². The maximum atomic E-state index is 2.78. The smallest absolute Gasteiger partial charge is 0.147 e. The van der Waals surface area contributed by atoms with Gasteiger partial charge >= 0.3 is 344 Å². The summed E-state index contributed by atoms with van der Waals surface area (Å²) in [5, 5.41) is 5.62. The Bertz CT molecular complexity index is 2830. The normalized spacial score (nSPS) is 18.0. The van der Waals surface area contributed by atoms with E-state index < -0.39 is 17.4 Å². The molecule has 0 fully saturated rings. The largest absolute Gasteiger partial charge is 0.147 e. The van der Waals surface area contributed by atoms with Crippen LogP contribution in [0.1, 0.15) is 74.3 Å². The quantitative estimate of drug-likeness (QED) is 0.150. The summed E-state index contributed by atoms with van der Waals surface area (Å²) in [6.07, 6.45) is 5.22. The van der Waals surface area contributed by atoms with E-state index in [1.807, 2.05) is 0 Å². The van der Waals surface area contributed by atoms with Crippen LogP contribution in [0, 0.1) is 5.92 Å². The number of hydrogen-bond donors (Lipinski definition) is 0. The van der Waals surface area contributed by atoms with Crippen LogP contribution in [0.5, 0.6) is 0 Å². The van der Waals surface area contributed by atoms with Crippen LogP contribution in [0.25, 0.3) is 55.4 Å². The van der Waals surface area contributed by atoms with Crippen molar-refractivity contribution in [3.8, 4) is 22.3 Å². The molecule has 3 aliphatic rings. The molecule has 0 saturated carbocycles. The fourth-order valence-corrected chi connectivity index (χ4v) is 33.3. The molecule has 6 aromatic carbocycles. The summed E-state index contributed by atoms with van der Waals surface area (Å²) in [4.78, 5) is 1.59. The van der Waals surface area contributed by atoms with E-state index in [2.05, 4.69) is 210 Å². The van der Waals surface area contributed by atoms with Crippen LogP contribution < -0.4 is 0 Å². The molecule has 2 aliphatic carbocycles. The first-order valence-electron chi connectivity index (χ1n) is 20.5. The summed E-state index contributed by atoms with van der Waals surface area (Å²) in [7, 11) is 0. The minimum absolute atomic E-state index is 0. The summed E-state index contributed by atoms with van der Waals surface area (Å²) in [6, 6.07) is 46.1. The molecule has 0 radical (unpaired) electrons. The van der Waals surface area contributed by atoms with Crippen LogP contribution in [0.2, 0.25) is 9.26 Å². The Labute approximate surface area is 365 Å². The molecule has 2 atom stereocenters. The first-order chi connectivity index (χ1) is 26.6. The third-order valence-corrected chi connectivity index (χ3v) is 31.0. The van der Waals surface area contributed by atoms with E-state index in [0.29, 0.717) is 14.8 Å². The topological polar surface area (TPSA) is 0 Å². The van der Waals surface area contributed by atoms with Gasteiger partial charge in [0.1, 0.15) is 0 Å². The fraction of sp³-hybridized carbons (Fsp3) is 0.245. The second kappa shape index (κ2) is 15.4. The van der Waals surface area contributed by atoms with Crippen molar-refractivity contribution in [3.63, 3.8) is 0 Å². The average molecular weight is 915 g/mol. The number of benzene rings is 6. The predicted octanol–water partition coefficient (Wildman–Crippen LogP) is 15.7. The zero-order valence-corrected chi connectivity index (χ0v) is 41.7. The Morgan fingerprint density at radius 1 is 0.672 bits per heavy atom. The number of thioether (sulfide) groups is 1. The van der Waals surface area contributed by atoms with Gasteiger partial charge < -0.3 is 0 Å². The van der Waals surface area contributed by atoms with Crippen molar-refractivity contribution in [3.05, 3.63) is 175 Å². The summed E-state index contributed by atoms with van der Waals surface area (Å²) in [5.74, 6) is 0.451. The first-order valence-corrected chi connectivity index (χ1v) is 34.9. The molecule has 0 N–H and O–H groups in total. The van der Waals surface area contributed by atoms with Gasteiger partial charge in [-0.05, 0) is 0 Å². The van der Waals surface area contributed by atoms with Gasteiger partial charge in [-0.2, -0.15) is 0 Å². The number of rotatable bonds is 6. The summed E-state index contributed by atoms with van der Waals surface area (Å²) in [6.45, 7) is 19.1.